The summed E-state index contributed by atoms with van der Waals surface area (Å²) in [5.74, 6) is -0.291. The van der Waals surface area contributed by atoms with Gasteiger partial charge in [-0.3, -0.25) is 20.0 Å². The standard InChI is InChI=1S/C23H25N3O2/c1-4-20-21(17(3)27)16(2)24-22(20)23(28)25-26(19-13-9-6-10-14-19)15-18-11-7-5-8-12-18/h5-14,24H,4,15H2,1-3H3,(H,25,28). The number of carbonyl (C=O) groups excluding carboxylic acids is 2. The van der Waals surface area contributed by atoms with E-state index < -0.39 is 0 Å². The molecule has 2 N–H and O–H groups in total. The first kappa shape index (κ1) is 19.4. The number of aromatic nitrogens is 1. The van der Waals surface area contributed by atoms with Gasteiger partial charge < -0.3 is 4.98 Å². The van der Waals surface area contributed by atoms with Crippen LogP contribution in [0.2, 0.25) is 0 Å². The van der Waals surface area contributed by atoms with Gasteiger partial charge in [0.25, 0.3) is 5.91 Å². The number of hydrogen-bond donors (Lipinski definition) is 2. The molecule has 2 aromatic carbocycles. The van der Waals surface area contributed by atoms with Gasteiger partial charge in [0.05, 0.1) is 12.2 Å². The number of para-hydroxylation sites is 1. The molecule has 0 spiro atoms. The van der Waals surface area contributed by atoms with Crippen LogP contribution in [0.15, 0.2) is 60.7 Å². The van der Waals surface area contributed by atoms with E-state index in [1.165, 1.54) is 6.92 Å². The van der Waals surface area contributed by atoms with Crippen molar-refractivity contribution >= 4 is 17.4 Å². The van der Waals surface area contributed by atoms with Crippen LogP contribution in [0.25, 0.3) is 0 Å². The highest BCUT2D eigenvalue weighted by atomic mass is 16.2. The van der Waals surface area contributed by atoms with Crippen LogP contribution in [0.1, 0.15) is 51.5 Å². The van der Waals surface area contributed by atoms with Crippen molar-refractivity contribution in [3.63, 3.8) is 0 Å². The Bertz CT molecular complexity index is 962. The fourth-order valence-corrected chi connectivity index (χ4v) is 3.45. The number of aromatic amines is 1. The predicted octanol–water partition coefficient (Wildman–Crippen LogP) is 4.44. The normalized spacial score (nSPS) is 10.5. The zero-order chi connectivity index (χ0) is 20.1. The van der Waals surface area contributed by atoms with Crippen molar-refractivity contribution < 1.29 is 9.59 Å². The Morgan fingerprint density at radius 2 is 1.61 bits per heavy atom. The van der Waals surface area contributed by atoms with E-state index in [4.69, 9.17) is 0 Å². The molecular weight excluding hydrogens is 350 g/mol. The van der Waals surface area contributed by atoms with E-state index in [2.05, 4.69) is 10.4 Å². The second-order valence-electron chi connectivity index (χ2n) is 6.74. The summed E-state index contributed by atoms with van der Waals surface area (Å²) in [6.07, 6.45) is 0.603. The van der Waals surface area contributed by atoms with E-state index in [1.807, 2.05) is 79.5 Å². The number of ketones is 1. The fourth-order valence-electron chi connectivity index (χ4n) is 3.45. The van der Waals surface area contributed by atoms with Crippen LogP contribution in [0.4, 0.5) is 5.69 Å². The third kappa shape index (κ3) is 4.14. The number of H-pyrrole nitrogens is 1. The molecule has 1 amide bonds. The Balaban J connectivity index is 1.92. The molecule has 0 radical (unpaired) electrons. The van der Waals surface area contributed by atoms with Crippen LogP contribution in [0.5, 0.6) is 0 Å². The van der Waals surface area contributed by atoms with Gasteiger partial charge in [-0.15, -0.1) is 0 Å². The van der Waals surface area contributed by atoms with Crippen LogP contribution in [-0.2, 0) is 13.0 Å². The van der Waals surface area contributed by atoms with Crippen molar-refractivity contribution in [1.82, 2.24) is 10.4 Å². The SMILES string of the molecule is CCc1c(C(=O)NN(Cc2ccccc2)c2ccccc2)[nH]c(C)c1C(C)=O. The Hall–Kier alpha value is -3.34. The van der Waals surface area contributed by atoms with Gasteiger partial charge in [0.1, 0.15) is 5.69 Å². The number of hydrogen-bond acceptors (Lipinski definition) is 3. The lowest BCUT2D eigenvalue weighted by Gasteiger charge is -2.25. The number of aryl methyl sites for hydroxylation is 1. The second-order valence-corrected chi connectivity index (χ2v) is 6.74. The van der Waals surface area contributed by atoms with E-state index in [-0.39, 0.29) is 11.7 Å². The lowest BCUT2D eigenvalue weighted by Crippen LogP contribution is -2.42. The highest BCUT2D eigenvalue weighted by molar-refractivity contribution is 6.03. The molecule has 1 aromatic heterocycles. The van der Waals surface area contributed by atoms with Crippen LogP contribution in [-0.4, -0.2) is 16.7 Å². The quantitative estimate of drug-likeness (QED) is 0.474. The van der Waals surface area contributed by atoms with Gasteiger partial charge in [0, 0.05) is 11.3 Å². The monoisotopic (exact) mass is 375 g/mol. The number of anilines is 1. The summed E-state index contributed by atoms with van der Waals surface area (Å²) in [6.45, 7) is 5.83. The van der Waals surface area contributed by atoms with E-state index in [1.54, 1.807) is 0 Å². The third-order valence-electron chi connectivity index (χ3n) is 4.71. The minimum atomic E-state index is -0.257. The molecule has 144 valence electrons. The average Bonchev–Trinajstić information content (AvgIpc) is 3.05. The summed E-state index contributed by atoms with van der Waals surface area (Å²) in [7, 11) is 0. The summed E-state index contributed by atoms with van der Waals surface area (Å²) in [5.41, 5.74) is 7.51. The maximum absolute atomic E-state index is 13.1. The number of rotatable bonds is 7. The van der Waals surface area contributed by atoms with E-state index in [0.717, 1.165) is 22.5 Å². The first-order chi connectivity index (χ1) is 13.5. The molecule has 0 unspecified atom stereocenters. The Kier molecular flexibility index (Phi) is 5.94. The Morgan fingerprint density at radius 3 is 2.18 bits per heavy atom. The highest BCUT2D eigenvalue weighted by Crippen LogP contribution is 2.21. The maximum Gasteiger partial charge on any atom is 0.286 e. The number of nitrogens with one attached hydrogen (secondary N) is 2. The fraction of sp³-hybridized carbons (Fsp3) is 0.217. The lowest BCUT2D eigenvalue weighted by atomic mass is 10.0. The molecule has 1 heterocycles. The van der Waals surface area contributed by atoms with Crippen molar-refractivity contribution in [3.8, 4) is 0 Å². The van der Waals surface area contributed by atoms with Crippen LogP contribution in [0, 0.1) is 6.92 Å². The van der Waals surface area contributed by atoms with Crippen LogP contribution < -0.4 is 10.4 Å². The minimum Gasteiger partial charge on any atom is -0.354 e. The zero-order valence-corrected chi connectivity index (χ0v) is 16.5. The molecular formula is C23H25N3O2. The van der Waals surface area contributed by atoms with Crippen molar-refractivity contribution in [2.45, 2.75) is 33.7 Å². The number of hydrazine groups is 1. The van der Waals surface area contributed by atoms with Gasteiger partial charge >= 0.3 is 0 Å². The number of nitrogens with zero attached hydrogens (tertiary/aromatic N) is 1. The van der Waals surface area contributed by atoms with Gasteiger partial charge in [-0.1, -0.05) is 55.5 Å². The molecule has 5 heteroatoms. The van der Waals surface area contributed by atoms with Crippen LogP contribution in [0.3, 0.4) is 0 Å². The van der Waals surface area contributed by atoms with Crippen molar-refractivity contribution in [2.75, 3.05) is 5.01 Å². The molecule has 0 aliphatic rings. The highest BCUT2D eigenvalue weighted by Gasteiger charge is 2.23. The third-order valence-corrected chi connectivity index (χ3v) is 4.71. The molecule has 3 rings (SSSR count). The van der Waals surface area contributed by atoms with E-state index in [0.29, 0.717) is 24.2 Å². The lowest BCUT2D eigenvalue weighted by molar-refractivity contribution is 0.0942. The maximum atomic E-state index is 13.1. The zero-order valence-electron chi connectivity index (χ0n) is 16.5. The van der Waals surface area contributed by atoms with Crippen molar-refractivity contribution in [2.24, 2.45) is 0 Å². The van der Waals surface area contributed by atoms with Crippen LogP contribution >= 0.6 is 0 Å². The van der Waals surface area contributed by atoms with Gasteiger partial charge in [-0.25, -0.2) is 0 Å². The summed E-state index contributed by atoms with van der Waals surface area (Å²) in [6, 6.07) is 19.7. The largest absolute Gasteiger partial charge is 0.354 e. The van der Waals surface area contributed by atoms with Crippen molar-refractivity contribution in [1.29, 1.82) is 0 Å². The Labute approximate surface area is 165 Å². The number of carbonyl (C=O) groups is 2. The summed E-state index contributed by atoms with van der Waals surface area (Å²) >= 11 is 0. The second kappa shape index (κ2) is 8.57. The molecule has 0 atom stereocenters. The number of benzene rings is 2. The Morgan fingerprint density at radius 1 is 1.00 bits per heavy atom. The van der Waals surface area contributed by atoms with Gasteiger partial charge in [-0.05, 0) is 43.5 Å². The molecule has 28 heavy (non-hydrogen) atoms. The predicted molar refractivity (Wildman–Crippen MR) is 111 cm³/mol. The van der Waals surface area contributed by atoms with E-state index >= 15 is 0 Å². The van der Waals surface area contributed by atoms with Gasteiger partial charge in [0.2, 0.25) is 0 Å². The van der Waals surface area contributed by atoms with Gasteiger partial charge in [-0.2, -0.15) is 0 Å². The first-order valence-electron chi connectivity index (χ1n) is 9.41. The molecule has 0 bridgehead atoms. The average molecular weight is 375 g/mol. The number of amides is 1. The van der Waals surface area contributed by atoms with Gasteiger partial charge in [0.15, 0.2) is 5.78 Å². The van der Waals surface area contributed by atoms with Crippen molar-refractivity contribution in [3.05, 3.63) is 88.7 Å². The molecule has 0 aliphatic carbocycles. The van der Waals surface area contributed by atoms with E-state index in [9.17, 15) is 9.59 Å². The summed E-state index contributed by atoms with van der Waals surface area (Å²) in [4.78, 5) is 28.2. The molecule has 3 aromatic rings. The smallest absolute Gasteiger partial charge is 0.286 e. The summed E-state index contributed by atoms with van der Waals surface area (Å²) in [5, 5.41) is 1.82. The minimum absolute atomic E-state index is 0.0335. The first-order valence-corrected chi connectivity index (χ1v) is 9.41. The molecule has 0 aliphatic heterocycles. The molecule has 5 nitrogen and oxygen atoms in total. The number of Topliss-reactive ketones (excluding diaryl/α,β-unsaturated/α-hetero) is 1. The molecule has 0 fully saturated rings. The topological polar surface area (TPSA) is 65.2 Å². The molecule has 0 saturated heterocycles. The molecule has 0 saturated carbocycles. The summed E-state index contributed by atoms with van der Waals surface area (Å²) < 4.78 is 0.